The van der Waals surface area contributed by atoms with Crippen LogP contribution in [0.5, 0.6) is 0 Å². The highest BCUT2D eigenvalue weighted by Crippen LogP contribution is 2.28. The van der Waals surface area contributed by atoms with E-state index < -0.39 is 20.0 Å². The lowest BCUT2D eigenvalue weighted by Crippen LogP contribution is -2.43. The molecule has 174 valence electrons. The largest absolute Gasteiger partial charge is 0.356 e. The molecule has 1 aliphatic heterocycles. The number of carbonyl (C=O) groups excluding carboxylic acids is 1. The van der Waals surface area contributed by atoms with Gasteiger partial charge in [0.05, 0.1) is 11.2 Å². The molecule has 0 spiro atoms. The molecule has 31 heavy (non-hydrogen) atoms. The van der Waals surface area contributed by atoms with Crippen LogP contribution in [0.3, 0.4) is 0 Å². The predicted octanol–water partition coefficient (Wildman–Crippen LogP) is 1.36. The molecule has 1 aromatic carbocycles. The predicted molar refractivity (Wildman–Crippen MR) is 120 cm³/mol. The summed E-state index contributed by atoms with van der Waals surface area (Å²) >= 11 is 0. The Hall–Kier alpha value is -1.49. The molecule has 1 heterocycles. The van der Waals surface area contributed by atoms with Gasteiger partial charge in [0.25, 0.3) is 0 Å². The molecule has 0 unspecified atom stereocenters. The van der Waals surface area contributed by atoms with Crippen molar-refractivity contribution < 1.29 is 21.6 Å². The van der Waals surface area contributed by atoms with Crippen molar-refractivity contribution in [2.45, 2.75) is 50.3 Å². The summed E-state index contributed by atoms with van der Waals surface area (Å²) in [4.78, 5) is 12.8. The summed E-state index contributed by atoms with van der Waals surface area (Å²) in [6.07, 6.45) is 5.71. The Labute approximate surface area is 186 Å². The molecule has 0 saturated carbocycles. The first kappa shape index (κ1) is 24.2. The summed E-state index contributed by atoms with van der Waals surface area (Å²) in [5.74, 6) is -0.305. The first-order valence-corrected chi connectivity index (χ1v) is 14.3. The van der Waals surface area contributed by atoms with Crippen LogP contribution in [-0.4, -0.2) is 70.3 Å². The van der Waals surface area contributed by atoms with Gasteiger partial charge in [-0.1, -0.05) is 13.0 Å². The third-order valence-electron chi connectivity index (χ3n) is 6.24. The van der Waals surface area contributed by atoms with Gasteiger partial charge in [0.1, 0.15) is 0 Å². The van der Waals surface area contributed by atoms with Gasteiger partial charge in [-0.05, 0) is 61.8 Å². The summed E-state index contributed by atoms with van der Waals surface area (Å²) in [6.45, 7) is 3.62. The second kappa shape index (κ2) is 9.97. The maximum Gasteiger partial charge on any atom is 0.243 e. The van der Waals surface area contributed by atoms with Crippen molar-refractivity contribution in [1.29, 1.82) is 0 Å². The summed E-state index contributed by atoms with van der Waals surface area (Å²) in [7, 11) is -6.77. The highest BCUT2D eigenvalue weighted by Gasteiger charge is 2.32. The number of fused-ring (bicyclic) bond motifs is 1. The number of nitrogens with one attached hydrogen (secondary N) is 1. The third kappa shape index (κ3) is 5.85. The Bertz CT molecular complexity index is 1000. The van der Waals surface area contributed by atoms with E-state index in [4.69, 9.17) is 0 Å². The van der Waals surface area contributed by atoms with Crippen molar-refractivity contribution >= 4 is 26.0 Å². The van der Waals surface area contributed by atoms with Crippen LogP contribution in [0, 0.1) is 5.92 Å². The number of carbonyl (C=O) groups is 1. The van der Waals surface area contributed by atoms with Crippen molar-refractivity contribution in [2.24, 2.45) is 5.92 Å². The molecule has 2 aliphatic rings. The van der Waals surface area contributed by atoms with E-state index >= 15 is 0 Å². The molecule has 0 bridgehead atoms. The molecule has 0 radical (unpaired) electrons. The van der Waals surface area contributed by atoms with Crippen molar-refractivity contribution in [3.05, 3.63) is 29.3 Å². The number of hydrogen-bond donors (Lipinski definition) is 1. The molecule has 1 saturated heterocycles. The van der Waals surface area contributed by atoms with Crippen molar-refractivity contribution in [3.63, 3.8) is 0 Å². The molecular weight excluding hydrogens is 438 g/mol. The number of amides is 1. The monoisotopic (exact) mass is 471 g/mol. The molecule has 0 atom stereocenters. The zero-order chi connectivity index (χ0) is 22.6. The molecule has 1 amide bonds. The fourth-order valence-corrected chi connectivity index (χ4v) is 6.84. The van der Waals surface area contributed by atoms with Gasteiger partial charge in [-0.25, -0.2) is 21.1 Å². The van der Waals surface area contributed by atoms with E-state index in [0.29, 0.717) is 56.9 Å². The fourth-order valence-electron chi connectivity index (χ4n) is 4.39. The maximum atomic E-state index is 13.0. The third-order valence-corrected chi connectivity index (χ3v) is 9.51. The Morgan fingerprint density at radius 1 is 1.13 bits per heavy atom. The molecule has 1 aromatic rings. The van der Waals surface area contributed by atoms with Crippen molar-refractivity contribution in [2.75, 3.05) is 39.0 Å². The molecule has 8 nitrogen and oxygen atoms in total. The summed E-state index contributed by atoms with van der Waals surface area (Å²) in [5.41, 5.74) is 2.38. The normalized spacial score (nSPS) is 18.3. The number of piperidine rings is 1. The number of hydrogen-bond acceptors (Lipinski definition) is 5. The van der Waals surface area contributed by atoms with E-state index in [1.807, 2.05) is 12.1 Å². The SMILES string of the molecule is CCN(CCCNC(=O)C1CCN(S(=O)(=O)c2ccc3c(c2)CCC3)CC1)S(C)(=O)=O. The highest BCUT2D eigenvalue weighted by molar-refractivity contribution is 7.89. The summed E-state index contributed by atoms with van der Waals surface area (Å²) in [6, 6.07) is 5.44. The van der Waals surface area contributed by atoms with Gasteiger partial charge < -0.3 is 5.32 Å². The van der Waals surface area contributed by atoms with Crippen LogP contribution in [0.2, 0.25) is 0 Å². The minimum Gasteiger partial charge on any atom is -0.356 e. The topological polar surface area (TPSA) is 104 Å². The quantitative estimate of drug-likeness (QED) is 0.548. The second-order valence-corrected chi connectivity index (χ2v) is 12.3. The number of rotatable bonds is 9. The standard InChI is InChI=1S/C21H33N3O5S2/c1-3-23(30(2,26)27)13-5-12-22-21(25)18-10-14-24(15-11-18)31(28,29)20-9-8-17-6-4-7-19(17)16-20/h8-9,16,18H,3-7,10-15H2,1-2H3,(H,22,25). The fraction of sp³-hybridized carbons (Fsp3) is 0.667. The first-order chi connectivity index (χ1) is 14.6. The molecule has 1 N–H and O–H groups in total. The Kier molecular flexibility index (Phi) is 7.77. The zero-order valence-electron chi connectivity index (χ0n) is 18.3. The van der Waals surface area contributed by atoms with E-state index in [-0.39, 0.29) is 11.8 Å². The molecule has 10 heteroatoms. The van der Waals surface area contributed by atoms with Gasteiger partial charge in [-0.2, -0.15) is 4.31 Å². The molecule has 0 aromatic heterocycles. The van der Waals surface area contributed by atoms with Crippen LogP contribution in [0.15, 0.2) is 23.1 Å². The summed E-state index contributed by atoms with van der Waals surface area (Å²) in [5, 5.41) is 2.87. The van der Waals surface area contributed by atoms with Crippen LogP contribution in [0.4, 0.5) is 0 Å². The molecule has 1 fully saturated rings. The lowest BCUT2D eigenvalue weighted by Gasteiger charge is -2.30. The van der Waals surface area contributed by atoms with Crippen LogP contribution in [0.25, 0.3) is 0 Å². The van der Waals surface area contributed by atoms with Crippen LogP contribution in [0.1, 0.15) is 43.7 Å². The van der Waals surface area contributed by atoms with Gasteiger partial charge in [0, 0.05) is 38.6 Å². The zero-order valence-corrected chi connectivity index (χ0v) is 20.0. The minimum absolute atomic E-state index is 0.0861. The summed E-state index contributed by atoms with van der Waals surface area (Å²) < 4.78 is 52.1. The van der Waals surface area contributed by atoms with Gasteiger partial charge in [0.15, 0.2) is 0 Å². The van der Waals surface area contributed by atoms with Gasteiger partial charge in [-0.3, -0.25) is 4.79 Å². The maximum absolute atomic E-state index is 13.0. The van der Waals surface area contributed by atoms with E-state index in [2.05, 4.69) is 5.32 Å². The number of nitrogens with zero attached hydrogens (tertiary/aromatic N) is 2. The Morgan fingerprint density at radius 2 is 1.81 bits per heavy atom. The average Bonchev–Trinajstić information content (AvgIpc) is 3.20. The first-order valence-electron chi connectivity index (χ1n) is 11.0. The van der Waals surface area contributed by atoms with E-state index in [1.54, 1.807) is 13.0 Å². The van der Waals surface area contributed by atoms with E-state index in [1.165, 1.54) is 20.4 Å². The minimum atomic E-state index is -3.54. The van der Waals surface area contributed by atoms with E-state index in [9.17, 15) is 21.6 Å². The van der Waals surface area contributed by atoms with Crippen LogP contribution < -0.4 is 5.32 Å². The number of aryl methyl sites for hydroxylation is 2. The van der Waals surface area contributed by atoms with Crippen molar-refractivity contribution in [3.8, 4) is 0 Å². The average molecular weight is 472 g/mol. The molecular formula is C21H33N3O5S2. The van der Waals surface area contributed by atoms with Gasteiger partial charge in [0.2, 0.25) is 26.0 Å². The van der Waals surface area contributed by atoms with E-state index in [0.717, 1.165) is 24.8 Å². The number of sulfonamides is 2. The molecule has 3 rings (SSSR count). The second-order valence-electron chi connectivity index (χ2n) is 8.36. The van der Waals surface area contributed by atoms with Crippen LogP contribution >= 0.6 is 0 Å². The lowest BCUT2D eigenvalue weighted by atomic mass is 9.97. The highest BCUT2D eigenvalue weighted by atomic mass is 32.2. The number of benzene rings is 1. The lowest BCUT2D eigenvalue weighted by molar-refractivity contribution is -0.126. The van der Waals surface area contributed by atoms with Crippen molar-refractivity contribution in [1.82, 2.24) is 13.9 Å². The van der Waals surface area contributed by atoms with Gasteiger partial charge in [-0.15, -0.1) is 0 Å². The Balaban J connectivity index is 1.47. The van der Waals surface area contributed by atoms with Crippen LogP contribution in [-0.2, 0) is 37.7 Å². The van der Waals surface area contributed by atoms with Gasteiger partial charge >= 0.3 is 0 Å². The smallest absolute Gasteiger partial charge is 0.243 e. The molecule has 1 aliphatic carbocycles. The Morgan fingerprint density at radius 3 is 2.45 bits per heavy atom.